The highest BCUT2D eigenvalue weighted by Crippen LogP contribution is 2.31. The van der Waals surface area contributed by atoms with Crippen LogP contribution in [0.15, 0.2) is 30.3 Å². The molecule has 0 aliphatic heterocycles. The first-order valence-corrected chi connectivity index (χ1v) is 8.04. The number of hydrogen-bond acceptors (Lipinski definition) is 3. The second-order valence-electron chi connectivity index (χ2n) is 5.87. The van der Waals surface area contributed by atoms with Crippen molar-refractivity contribution in [2.45, 2.75) is 51.5 Å². The van der Waals surface area contributed by atoms with E-state index in [0.29, 0.717) is 6.04 Å². The van der Waals surface area contributed by atoms with Crippen molar-refractivity contribution in [2.24, 2.45) is 0 Å². The Balaban J connectivity index is 1.53. The Hall–Kier alpha value is -1.84. The lowest BCUT2D eigenvalue weighted by atomic mass is 10.2. The second-order valence-corrected chi connectivity index (χ2v) is 5.87. The summed E-state index contributed by atoms with van der Waals surface area (Å²) in [5.41, 5.74) is 1.19. The second kappa shape index (κ2) is 6.74. The molecule has 1 N–H and O–H groups in total. The van der Waals surface area contributed by atoms with E-state index in [9.17, 15) is 0 Å². The fourth-order valence-corrected chi connectivity index (χ4v) is 3.26. The Bertz CT molecular complexity index is 555. The molecule has 0 bridgehead atoms. The normalized spacial score (nSPS) is 15.5. The molecule has 4 nitrogen and oxygen atoms in total. The van der Waals surface area contributed by atoms with Gasteiger partial charge in [-0.15, -0.1) is 10.2 Å². The molecule has 1 saturated carbocycles. The molecule has 1 fully saturated rings. The van der Waals surface area contributed by atoms with Crippen LogP contribution in [0.25, 0.3) is 0 Å². The summed E-state index contributed by atoms with van der Waals surface area (Å²) in [5, 5.41) is 12.1. The van der Waals surface area contributed by atoms with E-state index in [1.807, 2.05) is 6.07 Å². The van der Waals surface area contributed by atoms with E-state index in [2.05, 4.69) is 51.3 Å². The molecule has 0 atom stereocenters. The van der Waals surface area contributed by atoms with Gasteiger partial charge >= 0.3 is 0 Å². The number of hydrogen-bond donors (Lipinski definition) is 1. The summed E-state index contributed by atoms with van der Waals surface area (Å²) >= 11 is 0. The van der Waals surface area contributed by atoms with Gasteiger partial charge in [-0.2, -0.15) is 0 Å². The van der Waals surface area contributed by atoms with Crippen molar-refractivity contribution < 1.29 is 0 Å². The van der Waals surface area contributed by atoms with Crippen molar-refractivity contribution in [3.8, 4) is 0 Å². The number of nitrogens with one attached hydrogen (secondary N) is 1. The summed E-state index contributed by atoms with van der Waals surface area (Å²) < 4.78 is 2.38. The first-order chi connectivity index (χ1) is 10.3. The van der Waals surface area contributed by atoms with E-state index in [-0.39, 0.29) is 0 Å². The fourth-order valence-electron chi connectivity index (χ4n) is 3.26. The molecular weight excluding hydrogens is 260 g/mol. The van der Waals surface area contributed by atoms with Crippen molar-refractivity contribution in [1.82, 2.24) is 14.8 Å². The molecule has 1 aromatic heterocycles. The Labute approximate surface area is 126 Å². The largest absolute Gasteiger partial charge is 0.385 e. The lowest BCUT2D eigenvalue weighted by Crippen LogP contribution is -2.12. The van der Waals surface area contributed by atoms with Crippen LogP contribution in [0.3, 0.4) is 0 Å². The maximum atomic E-state index is 4.39. The van der Waals surface area contributed by atoms with E-state index >= 15 is 0 Å². The lowest BCUT2D eigenvalue weighted by molar-refractivity contribution is 0.484. The Morgan fingerprint density at radius 1 is 1.14 bits per heavy atom. The van der Waals surface area contributed by atoms with Gasteiger partial charge in [0.25, 0.3) is 0 Å². The van der Waals surface area contributed by atoms with Crippen LogP contribution in [0.5, 0.6) is 0 Å². The predicted molar refractivity (Wildman–Crippen MR) is 85.5 cm³/mol. The smallest absolute Gasteiger partial charge is 0.133 e. The van der Waals surface area contributed by atoms with Gasteiger partial charge in [0, 0.05) is 24.7 Å². The van der Waals surface area contributed by atoms with Gasteiger partial charge in [-0.1, -0.05) is 31.0 Å². The molecule has 1 aliphatic rings. The van der Waals surface area contributed by atoms with Crippen LogP contribution >= 0.6 is 0 Å². The summed E-state index contributed by atoms with van der Waals surface area (Å²) in [6.45, 7) is 3.05. The van der Waals surface area contributed by atoms with Gasteiger partial charge in [-0.05, 0) is 38.3 Å². The molecule has 3 rings (SSSR count). The topological polar surface area (TPSA) is 42.7 Å². The minimum atomic E-state index is 0.636. The molecule has 0 saturated heterocycles. The van der Waals surface area contributed by atoms with E-state index in [4.69, 9.17) is 0 Å². The zero-order valence-electron chi connectivity index (χ0n) is 12.8. The molecule has 0 unspecified atom stereocenters. The number of anilines is 1. The van der Waals surface area contributed by atoms with Gasteiger partial charge in [0.2, 0.25) is 0 Å². The van der Waals surface area contributed by atoms with E-state index in [0.717, 1.165) is 31.0 Å². The van der Waals surface area contributed by atoms with Crippen LogP contribution in [-0.4, -0.2) is 21.3 Å². The van der Waals surface area contributed by atoms with Crippen LogP contribution in [0.1, 0.15) is 49.8 Å². The van der Waals surface area contributed by atoms with Crippen molar-refractivity contribution in [2.75, 3.05) is 11.9 Å². The SMILES string of the molecule is Cc1nnc(CCCNc2ccccc2)n1C1CCCC1. The number of benzene rings is 1. The first kappa shape index (κ1) is 14.1. The Kier molecular flexibility index (Phi) is 4.53. The van der Waals surface area contributed by atoms with Crippen LogP contribution in [0.2, 0.25) is 0 Å². The molecule has 1 aliphatic carbocycles. The zero-order chi connectivity index (χ0) is 14.5. The fraction of sp³-hybridized carbons (Fsp3) is 0.529. The maximum absolute atomic E-state index is 4.39. The van der Waals surface area contributed by atoms with Gasteiger partial charge in [0.05, 0.1) is 0 Å². The molecule has 21 heavy (non-hydrogen) atoms. The van der Waals surface area contributed by atoms with Crippen molar-refractivity contribution in [1.29, 1.82) is 0 Å². The highest BCUT2D eigenvalue weighted by Gasteiger charge is 2.21. The molecular formula is C17H24N4. The number of para-hydroxylation sites is 1. The molecule has 1 heterocycles. The highest BCUT2D eigenvalue weighted by molar-refractivity contribution is 5.42. The van der Waals surface area contributed by atoms with Crippen molar-refractivity contribution in [3.05, 3.63) is 42.0 Å². The summed E-state index contributed by atoms with van der Waals surface area (Å²) in [5.74, 6) is 2.24. The third-order valence-electron chi connectivity index (χ3n) is 4.31. The standard InChI is InChI=1S/C17H24N4/c1-14-19-20-17(21(14)16-10-5-6-11-16)12-7-13-18-15-8-3-2-4-9-15/h2-4,8-9,16,18H,5-7,10-13H2,1H3. The summed E-state index contributed by atoms with van der Waals surface area (Å²) in [6, 6.07) is 11.0. The zero-order valence-corrected chi connectivity index (χ0v) is 12.8. The number of aryl methyl sites for hydroxylation is 2. The average molecular weight is 284 g/mol. The molecule has 1 aromatic carbocycles. The molecule has 0 amide bonds. The monoisotopic (exact) mass is 284 g/mol. The van der Waals surface area contributed by atoms with E-state index < -0.39 is 0 Å². The number of nitrogens with zero attached hydrogens (tertiary/aromatic N) is 3. The molecule has 112 valence electrons. The van der Waals surface area contributed by atoms with Crippen LogP contribution < -0.4 is 5.32 Å². The van der Waals surface area contributed by atoms with Crippen molar-refractivity contribution >= 4 is 5.69 Å². The predicted octanol–water partition coefficient (Wildman–Crippen LogP) is 3.75. The minimum absolute atomic E-state index is 0.636. The van der Waals surface area contributed by atoms with Crippen LogP contribution in [0.4, 0.5) is 5.69 Å². The van der Waals surface area contributed by atoms with Crippen molar-refractivity contribution in [3.63, 3.8) is 0 Å². The molecule has 4 heteroatoms. The van der Waals surface area contributed by atoms with Gasteiger partial charge in [-0.25, -0.2) is 0 Å². The van der Waals surface area contributed by atoms with Gasteiger partial charge in [0.1, 0.15) is 11.6 Å². The summed E-state index contributed by atoms with van der Waals surface area (Å²) in [7, 11) is 0. The first-order valence-electron chi connectivity index (χ1n) is 8.04. The Morgan fingerprint density at radius 2 is 1.90 bits per heavy atom. The maximum Gasteiger partial charge on any atom is 0.133 e. The Morgan fingerprint density at radius 3 is 2.67 bits per heavy atom. The summed E-state index contributed by atoms with van der Waals surface area (Å²) in [4.78, 5) is 0. The lowest BCUT2D eigenvalue weighted by Gasteiger charge is -2.15. The van der Waals surface area contributed by atoms with Gasteiger partial charge < -0.3 is 9.88 Å². The van der Waals surface area contributed by atoms with Crippen LogP contribution in [0, 0.1) is 6.92 Å². The van der Waals surface area contributed by atoms with Gasteiger partial charge in [0.15, 0.2) is 0 Å². The third-order valence-corrected chi connectivity index (χ3v) is 4.31. The summed E-state index contributed by atoms with van der Waals surface area (Å²) in [6.07, 6.45) is 7.34. The van der Waals surface area contributed by atoms with E-state index in [1.165, 1.54) is 31.4 Å². The highest BCUT2D eigenvalue weighted by atomic mass is 15.3. The van der Waals surface area contributed by atoms with Crippen LogP contribution in [-0.2, 0) is 6.42 Å². The number of rotatable bonds is 6. The van der Waals surface area contributed by atoms with Gasteiger partial charge in [-0.3, -0.25) is 0 Å². The quantitative estimate of drug-likeness (QED) is 0.822. The third kappa shape index (κ3) is 3.43. The van der Waals surface area contributed by atoms with E-state index in [1.54, 1.807) is 0 Å². The molecule has 0 spiro atoms. The molecule has 0 radical (unpaired) electrons. The molecule has 2 aromatic rings. The average Bonchev–Trinajstić information content (AvgIpc) is 3.14. The number of aromatic nitrogens is 3. The minimum Gasteiger partial charge on any atom is -0.385 e.